The number of H-pyrrole nitrogens is 1. The summed E-state index contributed by atoms with van der Waals surface area (Å²) in [4.78, 5) is 29.6. The fraction of sp³-hybridized carbons (Fsp3) is 0.263. The highest BCUT2D eigenvalue weighted by Crippen LogP contribution is 2.44. The second-order valence-electron chi connectivity index (χ2n) is 7.07. The third-order valence-corrected chi connectivity index (χ3v) is 5.03. The van der Waals surface area contributed by atoms with Crippen LogP contribution in [0, 0.1) is 5.82 Å². The molecule has 0 radical (unpaired) electrons. The van der Waals surface area contributed by atoms with Crippen LogP contribution < -0.4 is 23.5 Å². The number of halogens is 7. The van der Waals surface area contributed by atoms with Crippen LogP contribution in [-0.4, -0.2) is 45.1 Å². The molecule has 2 aromatic heterocycles. The topological polar surface area (TPSA) is 117 Å². The summed E-state index contributed by atoms with van der Waals surface area (Å²) in [5.74, 6) is -8.82. The smallest absolute Gasteiger partial charge is 1.00 e. The number of amides is 2. The number of likely N-dealkylation sites (N-methyl/N-ethyl adjacent to an activating group) is 1. The zero-order chi connectivity index (χ0) is 24.7. The molecule has 2 amide bonds. The maximum absolute atomic E-state index is 14.4. The summed E-state index contributed by atoms with van der Waals surface area (Å²) >= 11 is 0. The second-order valence-corrected chi connectivity index (χ2v) is 7.07. The van der Waals surface area contributed by atoms with Crippen LogP contribution in [0.4, 0.5) is 37.8 Å². The average Bonchev–Trinajstić information content (AvgIpc) is 3.24. The average molecular weight is 511 g/mol. The van der Waals surface area contributed by atoms with Gasteiger partial charge in [0, 0.05) is 18.2 Å². The number of hydrogen-bond acceptors (Lipinski definition) is 5. The lowest BCUT2D eigenvalue weighted by atomic mass is 10.0. The minimum absolute atomic E-state index is 0. The van der Waals surface area contributed by atoms with Crippen LogP contribution >= 0.6 is 0 Å². The summed E-state index contributed by atoms with van der Waals surface area (Å²) in [6.45, 7) is 1.27. The van der Waals surface area contributed by atoms with E-state index < -0.39 is 41.3 Å². The Morgan fingerprint density at radius 3 is 2.44 bits per heavy atom. The van der Waals surface area contributed by atoms with Crippen molar-refractivity contribution < 1.29 is 49.8 Å². The van der Waals surface area contributed by atoms with Crippen LogP contribution in [-0.2, 0) is 15.5 Å². The molecule has 3 rings (SSSR count). The van der Waals surface area contributed by atoms with Crippen molar-refractivity contribution in [2.45, 2.75) is 25.1 Å². The quantitative estimate of drug-likeness (QED) is 0.351. The molecule has 0 spiro atoms. The molecule has 1 atom stereocenters. The lowest BCUT2D eigenvalue weighted by molar-refractivity contribution is -0.289. The molecule has 2 heterocycles. The molecular formula is C19H17ClF6N6O2. The Labute approximate surface area is 195 Å². The Morgan fingerprint density at radius 2 is 1.85 bits per heavy atom. The highest BCUT2D eigenvalue weighted by molar-refractivity contribution is 6.40. The van der Waals surface area contributed by atoms with Crippen molar-refractivity contribution in [3.63, 3.8) is 0 Å². The van der Waals surface area contributed by atoms with Gasteiger partial charge in [-0.15, -0.1) is 0 Å². The first-order valence-corrected chi connectivity index (χ1v) is 9.15. The van der Waals surface area contributed by atoms with Crippen LogP contribution in [0.15, 0.2) is 30.6 Å². The zero-order valence-corrected chi connectivity index (χ0v) is 18.1. The molecule has 4 N–H and O–H groups in total. The fourth-order valence-electron chi connectivity index (χ4n) is 2.99. The molecule has 0 aliphatic rings. The second kappa shape index (κ2) is 9.37. The van der Waals surface area contributed by atoms with E-state index in [4.69, 9.17) is 5.73 Å². The van der Waals surface area contributed by atoms with E-state index in [1.54, 1.807) is 0 Å². The van der Waals surface area contributed by atoms with E-state index in [9.17, 15) is 35.9 Å². The molecule has 1 aromatic carbocycles. The van der Waals surface area contributed by atoms with E-state index in [1.807, 2.05) is 0 Å². The maximum atomic E-state index is 14.4. The van der Waals surface area contributed by atoms with Gasteiger partial charge in [-0.3, -0.25) is 14.7 Å². The number of pyridine rings is 1. The van der Waals surface area contributed by atoms with Crippen molar-refractivity contribution in [3.05, 3.63) is 47.5 Å². The van der Waals surface area contributed by atoms with Crippen molar-refractivity contribution in [1.82, 2.24) is 20.1 Å². The van der Waals surface area contributed by atoms with Crippen molar-refractivity contribution in [1.29, 1.82) is 0 Å². The lowest BCUT2D eigenvalue weighted by Gasteiger charge is -2.26. The predicted molar refractivity (Wildman–Crippen MR) is 106 cm³/mol. The number of hydrogen-bond donors (Lipinski definition) is 3. The third kappa shape index (κ3) is 4.71. The molecule has 184 valence electrons. The van der Waals surface area contributed by atoms with Gasteiger partial charge < -0.3 is 28.4 Å². The summed E-state index contributed by atoms with van der Waals surface area (Å²) < 4.78 is 78.9. The number of aromatic nitrogens is 3. The molecular weight excluding hydrogens is 494 g/mol. The van der Waals surface area contributed by atoms with Gasteiger partial charge in [0.15, 0.2) is 0 Å². The van der Waals surface area contributed by atoms with Crippen molar-refractivity contribution >= 4 is 34.2 Å². The van der Waals surface area contributed by atoms with Crippen molar-refractivity contribution in [2.24, 2.45) is 0 Å². The number of carbonyl (C=O) groups excluding carboxylic acids is 2. The van der Waals surface area contributed by atoms with Crippen LogP contribution in [0.5, 0.6) is 0 Å². The van der Waals surface area contributed by atoms with Crippen LogP contribution in [0.3, 0.4) is 0 Å². The first kappa shape index (κ1) is 26.7. The summed E-state index contributed by atoms with van der Waals surface area (Å²) in [5.41, 5.74) is 4.11. The van der Waals surface area contributed by atoms with Gasteiger partial charge >= 0.3 is 25.3 Å². The fourth-order valence-corrected chi connectivity index (χ4v) is 2.99. The van der Waals surface area contributed by atoms with Gasteiger partial charge in [0.2, 0.25) is 0 Å². The van der Waals surface area contributed by atoms with Crippen molar-refractivity contribution in [2.75, 3.05) is 18.1 Å². The molecule has 0 aliphatic carbocycles. The number of nitrogens with zero attached hydrogens (tertiary/aromatic N) is 3. The van der Waals surface area contributed by atoms with Gasteiger partial charge in [0.05, 0.1) is 35.0 Å². The summed E-state index contributed by atoms with van der Waals surface area (Å²) in [6, 6.07) is -0.0226. The minimum Gasteiger partial charge on any atom is -1.00 e. The minimum atomic E-state index is -5.91. The normalized spacial score (nSPS) is 12.7. The number of benzene rings is 1. The van der Waals surface area contributed by atoms with E-state index >= 15 is 0 Å². The maximum Gasteiger partial charge on any atom is 1.00 e. The molecule has 0 bridgehead atoms. The summed E-state index contributed by atoms with van der Waals surface area (Å²) in [6.07, 6.45) is -3.36. The Balaban J connectivity index is 0.00000306. The van der Waals surface area contributed by atoms with Crippen molar-refractivity contribution in [3.8, 4) is 0 Å². The predicted octanol–water partition coefficient (Wildman–Crippen LogP) is 0.608. The van der Waals surface area contributed by atoms with Gasteiger partial charge in [-0.05, 0) is 13.0 Å². The number of carbonyl (C=O) groups is 2. The number of aromatic amines is 1. The lowest BCUT2D eigenvalue weighted by Crippen LogP contribution is -3.00. The molecule has 15 heteroatoms. The molecule has 0 saturated carbocycles. The van der Waals surface area contributed by atoms with Crippen LogP contribution in [0.25, 0.3) is 10.9 Å². The van der Waals surface area contributed by atoms with E-state index in [-0.39, 0.29) is 37.0 Å². The van der Waals surface area contributed by atoms with E-state index in [2.05, 4.69) is 20.5 Å². The summed E-state index contributed by atoms with van der Waals surface area (Å²) in [7, 11) is 1.14. The highest BCUT2D eigenvalue weighted by atomic mass is 35.5. The first-order chi connectivity index (χ1) is 15.3. The van der Waals surface area contributed by atoms with E-state index in [0.717, 1.165) is 11.9 Å². The Bertz CT molecular complexity index is 1240. The van der Waals surface area contributed by atoms with Crippen LogP contribution in [0.2, 0.25) is 0 Å². The number of anilines is 2. The SMILES string of the molecule is CC(c1ccc(C(F)(F)C(F)(F)F)cc1F)N(C)C(=O)C(=O)Nc1cnc(N)c2cn[nH]c12.[Cl-].[H+]. The summed E-state index contributed by atoms with van der Waals surface area (Å²) in [5, 5.41) is 9.05. The highest BCUT2D eigenvalue weighted by Gasteiger charge is 2.58. The number of nitrogen functional groups attached to an aromatic ring is 1. The molecule has 0 fully saturated rings. The molecule has 1 unspecified atom stereocenters. The Hall–Kier alpha value is -3.55. The first-order valence-electron chi connectivity index (χ1n) is 9.15. The number of alkyl halides is 5. The third-order valence-electron chi connectivity index (χ3n) is 5.03. The van der Waals surface area contributed by atoms with Gasteiger partial charge in [-0.25, -0.2) is 9.37 Å². The molecule has 34 heavy (non-hydrogen) atoms. The van der Waals surface area contributed by atoms with Crippen LogP contribution in [0.1, 0.15) is 25.5 Å². The molecule has 8 nitrogen and oxygen atoms in total. The van der Waals surface area contributed by atoms with Gasteiger partial charge in [0.1, 0.15) is 11.6 Å². The number of rotatable bonds is 4. The Morgan fingerprint density at radius 1 is 1.21 bits per heavy atom. The zero-order valence-electron chi connectivity index (χ0n) is 18.3. The van der Waals surface area contributed by atoms with E-state index in [0.29, 0.717) is 23.0 Å². The largest absolute Gasteiger partial charge is 1.00 e. The van der Waals surface area contributed by atoms with Gasteiger partial charge in [0.25, 0.3) is 0 Å². The standard InChI is InChI=1S/C19H16F6N6O2.ClH/c1-8(10-4-3-9(5-12(10)20)18(21,22)19(23,24)25)31(2)17(33)16(32)29-13-7-27-15(26)11-6-28-30-14(11)13;/h3-8H,1-2H3,(H2,26,27)(H,28,30)(H,29,32);1H. The monoisotopic (exact) mass is 510 g/mol. The van der Waals surface area contributed by atoms with Gasteiger partial charge in [-0.2, -0.15) is 27.1 Å². The number of nitrogens with two attached hydrogens (primary N) is 1. The van der Waals surface area contributed by atoms with E-state index in [1.165, 1.54) is 19.3 Å². The number of nitrogens with one attached hydrogen (secondary N) is 2. The number of fused-ring (bicyclic) bond motifs is 1. The van der Waals surface area contributed by atoms with Gasteiger partial charge in [-0.1, -0.05) is 12.1 Å². The molecule has 0 aliphatic heterocycles. The molecule has 3 aromatic rings. The Kier molecular flexibility index (Phi) is 7.35. The molecule has 0 saturated heterocycles.